The molecule has 3 rings (SSSR count). The molecule has 1 saturated heterocycles. The van der Waals surface area contributed by atoms with Crippen LogP contribution in [-0.2, 0) is 11.3 Å². The number of ether oxygens (including phenoxy) is 2. The Morgan fingerprint density at radius 1 is 1.16 bits per heavy atom. The molecule has 0 unspecified atom stereocenters. The number of carbonyl (C=O) groups excluding carboxylic acids is 1. The molecule has 7 heteroatoms. The molecule has 0 amide bonds. The predicted octanol–water partition coefficient (Wildman–Crippen LogP) is 1.93. The zero-order valence-corrected chi connectivity index (χ0v) is 14.5. The number of piperazine rings is 1. The summed E-state index contributed by atoms with van der Waals surface area (Å²) >= 11 is 0. The third-order valence-electron chi connectivity index (χ3n) is 4.48. The summed E-state index contributed by atoms with van der Waals surface area (Å²) in [5.74, 6) is 1.29. The molecule has 1 aromatic carbocycles. The van der Waals surface area contributed by atoms with Crippen molar-refractivity contribution in [3.05, 3.63) is 35.1 Å². The van der Waals surface area contributed by atoms with E-state index in [1.165, 1.54) is 13.8 Å². The number of fused-ring (bicyclic) bond motifs is 1. The molecular weight excluding hydrogens is 322 g/mol. The second-order valence-corrected chi connectivity index (χ2v) is 6.32. The van der Waals surface area contributed by atoms with E-state index in [2.05, 4.69) is 4.90 Å². The molecule has 0 saturated carbocycles. The fraction of sp³-hybridized carbons (Fsp3) is 0.444. The lowest BCUT2D eigenvalue weighted by Gasteiger charge is -2.36. The van der Waals surface area contributed by atoms with Crippen molar-refractivity contribution in [3.63, 3.8) is 0 Å². The molecule has 2 aliphatic rings. The van der Waals surface area contributed by atoms with Gasteiger partial charge in [0.2, 0.25) is 6.79 Å². The van der Waals surface area contributed by atoms with Gasteiger partial charge in [0, 0.05) is 32.7 Å². The number of aliphatic hydroxyl groups is 1. The van der Waals surface area contributed by atoms with Crippen molar-refractivity contribution >= 4 is 11.6 Å². The van der Waals surface area contributed by atoms with Gasteiger partial charge in [0.1, 0.15) is 11.6 Å². The van der Waals surface area contributed by atoms with Gasteiger partial charge in [0.25, 0.3) is 0 Å². The molecule has 1 aromatic rings. The number of benzene rings is 1. The van der Waals surface area contributed by atoms with Crippen molar-refractivity contribution in [2.24, 2.45) is 0 Å². The standard InChI is InChI=1S/C18H23N3O4/c1-12(22)17(13(2)23)18(19)21-7-5-20(6-8-21)10-14-3-4-15-16(9-14)25-11-24-15/h3-4,9,19,22H,5-8,10-11H2,1-2H3/b17-12-,19-18?. The van der Waals surface area contributed by atoms with Crippen LogP contribution >= 0.6 is 0 Å². The maximum absolute atomic E-state index is 11.7. The largest absolute Gasteiger partial charge is 0.512 e. The van der Waals surface area contributed by atoms with E-state index in [-0.39, 0.29) is 29.7 Å². The highest BCUT2D eigenvalue weighted by Gasteiger charge is 2.24. The zero-order valence-electron chi connectivity index (χ0n) is 14.5. The van der Waals surface area contributed by atoms with Crippen molar-refractivity contribution in [2.45, 2.75) is 20.4 Å². The quantitative estimate of drug-likeness (QED) is 0.375. The highest BCUT2D eigenvalue weighted by Crippen LogP contribution is 2.32. The molecule has 0 atom stereocenters. The van der Waals surface area contributed by atoms with Crippen LogP contribution in [0.1, 0.15) is 19.4 Å². The summed E-state index contributed by atoms with van der Waals surface area (Å²) in [4.78, 5) is 15.8. The maximum atomic E-state index is 11.7. The molecule has 134 valence electrons. The van der Waals surface area contributed by atoms with Crippen molar-refractivity contribution in [1.82, 2.24) is 9.80 Å². The normalized spacial score (nSPS) is 18.1. The van der Waals surface area contributed by atoms with Crippen LogP contribution in [0.3, 0.4) is 0 Å². The number of nitrogens with zero attached hydrogens (tertiary/aromatic N) is 2. The number of carbonyl (C=O) groups is 1. The molecule has 2 aliphatic heterocycles. The molecule has 1 fully saturated rings. The Hall–Kier alpha value is -2.54. The van der Waals surface area contributed by atoms with E-state index < -0.39 is 0 Å². The first-order chi connectivity index (χ1) is 12.0. The van der Waals surface area contributed by atoms with Crippen molar-refractivity contribution < 1.29 is 19.4 Å². The number of rotatable bonds is 4. The highest BCUT2D eigenvalue weighted by atomic mass is 16.7. The number of aliphatic hydroxyl groups excluding tert-OH is 1. The van der Waals surface area contributed by atoms with Gasteiger partial charge in [-0.2, -0.15) is 0 Å². The SMILES string of the molecule is CC(=O)/C(C(=N)N1CCN(Cc2ccc3c(c2)OCO3)CC1)=C(\C)O. The number of hydrogen-bond donors (Lipinski definition) is 2. The van der Waals surface area contributed by atoms with Crippen molar-refractivity contribution in [3.8, 4) is 11.5 Å². The summed E-state index contributed by atoms with van der Waals surface area (Å²) in [6.07, 6.45) is 0. The molecule has 7 nitrogen and oxygen atoms in total. The number of ketones is 1. The third-order valence-corrected chi connectivity index (χ3v) is 4.48. The molecule has 0 aromatic heterocycles. The minimum Gasteiger partial charge on any atom is -0.512 e. The van der Waals surface area contributed by atoms with Gasteiger partial charge in [0.05, 0.1) is 5.57 Å². The lowest BCUT2D eigenvalue weighted by molar-refractivity contribution is -0.113. The van der Waals surface area contributed by atoms with Crippen LogP contribution in [0.5, 0.6) is 11.5 Å². The van der Waals surface area contributed by atoms with Crippen LogP contribution in [0.2, 0.25) is 0 Å². The van der Waals surface area contributed by atoms with Gasteiger partial charge in [-0.25, -0.2) is 0 Å². The van der Waals surface area contributed by atoms with Crippen LogP contribution < -0.4 is 9.47 Å². The average molecular weight is 345 g/mol. The summed E-state index contributed by atoms with van der Waals surface area (Å²) < 4.78 is 10.7. The first-order valence-electron chi connectivity index (χ1n) is 8.31. The van der Waals surface area contributed by atoms with Gasteiger partial charge in [-0.15, -0.1) is 0 Å². The van der Waals surface area contributed by atoms with Crippen LogP contribution in [-0.4, -0.2) is 59.5 Å². The van der Waals surface area contributed by atoms with Gasteiger partial charge < -0.3 is 19.5 Å². The smallest absolute Gasteiger partial charge is 0.231 e. The Morgan fingerprint density at radius 3 is 2.48 bits per heavy atom. The monoisotopic (exact) mass is 345 g/mol. The zero-order chi connectivity index (χ0) is 18.0. The summed E-state index contributed by atoms with van der Waals surface area (Å²) in [7, 11) is 0. The van der Waals surface area contributed by atoms with Crippen LogP contribution in [0.25, 0.3) is 0 Å². The summed E-state index contributed by atoms with van der Waals surface area (Å²) in [5.41, 5.74) is 1.26. The Morgan fingerprint density at radius 2 is 1.84 bits per heavy atom. The van der Waals surface area contributed by atoms with E-state index in [0.717, 1.165) is 36.7 Å². The summed E-state index contributed by atoms with van der Waals surface area (Å²) in [6.45, 7) is 6.75. The summed E-state index contributed by atoms with van der Waals surface area (Å²) in [5, 5.41) is 17.9. The molecular formula is C18H23N3O4. The van der Waals surface area contributed by atoms with Gasteiger partial charge in [0.15, 0.2) is 17.3 Å². The number of allylic oxidation sites excluding steroid dienone is 1. The van der Waals surface area contributed by atoms with Crippen molar-refractivity contribution in [2.75, 3.05) is 33.0 Å². The van der Waals surface area contributed by atoms with Crippen LogP contribution in [0.4, 0.5) is 0 Å². The molecule has 25 heavy (non-hydrogen) atoms. The minimum atomic E-state index is -0.284. The van der Waals surface area contributed by atoms with E-state index >= 15 is 0 Å². The second kappa shape index (κ2) is 7.14. The first kappa shape index (κ1) is 17.3. The molecule has 2 N–H and O–H groups in total. The lowest BCUT2D eigenvalue weighted by atomic mass is 10.1. The van der Waals surface area contributed by atoms with Gasteiger partial charge in [-0.1, -0.05) is 6.07 Å². The van der Waals surface area contributed by atoms with E-state index in [1.807, 2.05) is 23.1 Å². The van der Waals surface area contributed by atoms with Crippen molar-refractivity contribution in [1.29, 1.82) is 5.41 Å². The Balaban J connectivity index is 1.58. The fourth-order valence-corrected chi connectivity index (χ4v) is 3.18. The Labute approximate surface area is 146 Å². The predicted molar refractivity (Wildman–Crippen MR) is 93.2 cm³/mol. The van der Waals surface area contributed by atoms with Crippen LogP contribution in [0, 0.1) is 5.41 Å². The molecule has 0 aliphatic carbocycles. The molecule has 0 spiro atoms. The Bertz CT molecular complexity index is 717. The molecule has 0 bridgehead atoms. The van der Waals surface area contributed by atoms with E-state index in [9.17, 15) is 9.90 Å². The first-order valence-corrected chi connectivity index (χ1v) is 8.31. The number of hydrogen-bond acceptors (Lipinski definition) is 6. The minimum absolute atomic E-state index is 0.0970. The van der Waals surface area contributed by atoms with Crippen LogP contribution in [0.15, 0.2) is 29.5 Å². The van der Waals surface area contributed by atoms with E-state index in [4.69, 9.17) is 14.9 Å². The Kier molecular flexibility index (Phi) is 4.94. The lowest BCUT2D eigenvalue weighted by Crippen LogP contribution is -2.49. The molecule has 0 radical (unpaired) electrons. The topological polar surface area (TPSA) is 86.1 Å². The van der Waals surface area contributed by atoms with E-state index in [1.54, 1.807) is 0 Å². The van der Waals surface area contributed by atoms with Gasteiger partial charge in [-0.05, 0) is 31.5 Å². The third kappa shape index (κ3) is 3.76. The van der Waals surface area contributed by atoms with E-state index in [0.29, 0.717) is 13.1 Å². The highest BCUT2D eigenvalue weighted by molar-refractivity contribution is 6.19. The number of amidine groups is 1. The molecule has 2 heterocycles. The maximum Gasteiger partial charge on any atom is 0.231 e. The fourth-order valence-electron chi connectivity index (χ4n) is 3.18. The number of nitrogens with one attached hydrogen (secondary N) is 1. The van der Waals surface area contributed by atoms with Gasteiger partial charge >= 0.3 is 0 Å². The number of Topliss-reactive ketones (excluding diaryl/α,β-unsaturated/α-hetero) is 1. The summed E-state index contributed by atoms with van der Waals surface area (Å²) in [6, 6.07) is 5.97. The second-order valence-electron chi connectivity index (χ2n) is 6.32. The van der Waals surface area contributed by atoms with Gasteiger partial charge in [-0.3, -0.25) is 15.1 Å². The average Bonchev–Trinajstić information content (AvgIpc) is 3.02.